The van der Waals surface area contributed by atoms with E-state index in [9.17, 15) is 4.79 Å². The number of hydrogen-bond donors (Lipinski definition) is 0. The summed E-state index contributed by atoms with van der Waals surface area (Å²) in [6.07, 6.45) is 0. The zero-order valence-corrected chi connectivity index (χ0v) is 11.9. The molecule has 3 heteroatoms. The van der Waals surface area contributed by atoms with Crippen LogP contribution in [0.25, 0.3) is 0 Å². The Kier molecular flexibility index (Phi) is 7.96. The Balaban J connectivity index is 0.000000286. The summed E-state index contributed by atoms with van der Waals surface area (Å²) in [7, 11) is 3.30. The zero-order chi connectivity index (χ0) is 14.6. The Morgan fingerprint density at radius 1 is 0.750 bits per heavy atom. The van der Waals surface area contributed by atoms with E-state index >= 15 is 0 Å². The molecule has 0 N–H and O–H groups in total. The van der Waals surface area contributed by atoms with Gasteiger partial charge in [0.2, 0.25) is 0 Å². The second-order valence-corrected chi connectivity index (χ2v) is 4.05. The Morgan fingerprint density at radius 2 is 1.10 bits per heavy atom. The van der Waals surface area contributed by atoms with Crippen LogP contribution in [-0.2, 0) is 9.47 Å². The van der Waals surface area contributed by atoms with Gasteiger partial charge in [0.05, 0.1) is 13.2 Å². The van der Waals surface area contributed by atoms with Crippen LogP contribution >= 0.6 is 0 Å². The van der Waals surface area contributed by atoms with Crippen LogP contribution in [0.5, 0.6) is 0 Å². The van der Waals surface area contributed by atoms with Crippen LogP contribution in [0.3, 0.4) is 0 Å². The van der Waals surface area contributed by atoms with Crippen molar-refractivity contribution >= 4 is 5.78 Å². The van der Waals surface area contributed by atoms with E-state index in [1.165, 1.54) is 0 Å². The van der Waals surface area contributed by atoms with Crippen molar-refractivity contribution in [2.45, 2.75) is 0 Å². The summed E-state index contributed by atoms with van der Waals surface area (Å²) in [6, 6.07) is 18.6. The van der Waals surface area contributed by atoms with E-state index in [1.54, 1.807) is 14.2 Å². The maximum absolute atomic E-state index is 11.8. The van der Waals surface area contributed by atoms with Gasteiger partial charge in [-0.25, -0.2) is 0 Å². The molecule has 0 aliphatic heterocycles. The average Bonchev–Trinajstić information content (AvgIpc) is 2.54. The summed E-state index contributed by atoms with van der Waals surface area (Å²) in [6.45, 7) is 1.38. The highest BCUT2D eigenvalue weighted by molar-refractivity contribution is 6.08. The van der Waals surface area contributed by atoms with Crippen molar-refractivity contribution in [1.82, 2.24) is 0 Å². The van der Waals surface area contributed by atoms with E-state index in [0.717, 1.165) is 11.1 Å². The molecule has 0 bridgehead atoms. The largest absolute Gasteiger partial charge is 0.382 e. The molecule has 2 aromatic rings. The fraction of sp³-hybridized carbons (Fsp3) is 0.235. The van der Waals surface area contributed by atoms with Crippen LogP contribution in [-0.4, -0.2) is 33.2 Å². The standard InChI is InChI=1S/C13H10O.C4H10O2/c14-13(11-7-3-1-4-8-11)12-9-5-2-6-10-12;1-5-3-4-6-2/h1-10H;3-4H2,1-2H3. The zero-order valence-electron chi connectivity index (χ0n) is 11.9. The van der Waals surface area contributed by atoms with Gasteiger partial charge in [-0.05, 0) is 0 Å². The van der Waals surface area contributed by atoms with Gasteiger partial charge in [0.1, 0.15) is 0 Å². The van der Waals surface area contributed by atoms with E-state index in [2.05, 4.69) is 9.47 Å². The molecule has 0 saturated carbocycles. The third-order valence-corrected chi connectivity index (χ3v) is 2.56. The minimum absolute atomic E-state index is 0.0752. The number of carbonyl (C=O) groups is 1. The predicted molar refractivity (Wildman–Crippen MR) is 80.1 cm³/mol. The SMILES string of the molecule is COCCOC.O=C(c1ccccc1)c1ccccc1. The molecule has 0 aliphatic carbocycles. The lowest BCUT2D eigenvalue weighted by molar-refractivity contribution is 0.103. The highest BCUT2D eigenvalue weighted by Gasteiger charge is 2.06. The summed E-state index contributed by atoms with van der Waals surface area (Å²) in [5, 5.41) is 0. The monoisotopic (exact) mass is 272 g/mol. The summed E-state index contributed by atoms with van der Waals surface area (Å²) >= 11 is 0. The Morgan fingerprint density at radius 3 is 1.40 bits per heavy atom. The smallest absolute Gasteiger partial charge is 0.193 e. The van der Waals surface area contributed by atoms with Gasteiger partial charge in [0, 0.05) is 25.3 Å². The van der Waals surface area contributed by atoms with Gasteiger partial charge in [-0.3, -0.25) is 4.79 Å². The normalized spacial score (nSPS) is 9.50. The molecule has 0 spiro atoms. The number of hydrogen-bond acceptors (Lipinski definition) is 3. The van der Waals surface area contributed by atoms with Crippen molar-refractivity contribution < 1.29 is 14.3 Å². The van der Waals surface area contributed by atoms with E-state index in [0.29, 0.717) is 13.2 Å². The van der Waals surface area contributed by atoms with Crippen molar-refractivity contribution in [3.63, 3.8) is 0 Å². The van der Waals surface area contributed by atoms with E-state index in [1.807, 2.05) is 60.7 Å². The number of carbonyl (C=O) groups excluding carboxylic acids is 1. The average molecular weight is 272 g/mol. The summed E-state index contributed by atoms with van der Waals surface area (Å²) in [5.41, 5.74) is 1.47. The van der Waals surface area contributed by atoms with Gasteiger partial charge in [-0.1, -0.05) is 60.7 Å². The second kappa shape index (κ2) is 9.89. The number of ether oxygens (including phenoxy) is 2. The topological polar surface area (TPSA) is 35.5 Å². The molecule has 0 amide bonds. The fourth-order valence-corrected chi connectivity index (χ4v) is 1.51. The maximum Gasteiger partial charge on any atom is 0.193 e. The first-order chi connectivity index (χ1) is 9.79. The van der Waals surface area contributed by atoms with E-state index < -0.39 is 0 Å². The highest BCUT2D eigenvalue weighted by atomic mass is 16.5. The maximum atomic E-state index is 11.8. The van der Waals surface area contributed by atoms with Gasteiger partial charge in [-0.15, -0.1) is 0 Å². The van der Waals surface area contributed by atoms with Crippen molar-refractivity contribution in [3.05, 3.63) is 71.8 Å². The van der Waals surface area contributed by atoms with Gasteiger partial charge in [-0.2, -0.15) is 0 Å². The number of ketones is 1. The second-order valence-electron chi connectivity index (χ2n) is 4.05. The highest BCUT2D eigenvalue weighted by Crippen LogP contribution is 2.08. The molecule has 0 saturated heterocycles. The molecule has 0 atom stereocenters. The first-order valence-electron chi connectivity index (χ1n) is 6.42. The van der Waals surface area contributed by atoms with Gasteiger partial charge < -0.3 is 9.47 Å². The third-order valence-electron chi connectivity index (χ3n) is 2.56. The van der Waals surface area contributed by atoms with Crippen molar-refractivity contribution in [3.8, 4) is 0 Å². The molecular formula is C17H20O3. The van der Waals surface area contributed by atoms with Crippen LogP contribution in [0.2, 0.25) is 0 Å². The van der Waals surface area contributed by atoms with Gasteiger partial charge >= 0.3 is 0 Å². The fourth-order valence-electron chi connectivity index (χ4n) is 1.51. The molecule has 2 aromatic carbocycles. The number of methoxy groups -OCH3 is 2. The van der Waals surface area contributed by atoms with Crippen LogP contribution in [0.4, 0.5) is 0 Å². The van der Waals surface area contributed by atoms with Crippen molar-refractivity contribution in [1.29, 1.82) is 0 Å². The van der Waals surface area contributed by atoms with Crippen LogP contribution in [0.1, 0.15) is 15.9 Å². The van der Waals surface area contributed by atoms with Crippen LogP contribution < -0.4 is 0 Å². The van der Waals surface area contributed by atoms with Crippen molar-refractivity contribution in [2.75, 3.05) is 27.4 Å². The van der Waals surface area contributed by atoms with Crippen LogP contribution in [0, 0.1) is 0 Å². The first-order valence-corrected chi connectivity index (χ1v) is 6.42. The molecular weight excluding hydrogens is 252 g/mol. The molecule has 0 heterocycles. The quantitative estimate of drug-likeness (QED) is 0.619. The first kappa shape index (κ1) is 16.1. The summed E-state index contributed by atoms with van der Waals surface area (Å²) in [5.74, 6) is 0.0752. The van der Waals surface area contributed by atoms with E-state index in [-0.39, 0.29) is 5.78 Å². The molecule has 3 nitrogen and oxygen atoms in total. The summed E-state index contributed by atoms with van der Waals surface area (Å²) in [4.78, 5) is 11.8. The predicted octanol–water partition coefficient (Wildman–Crippen LogP) is 3.20. The minimum atomic E-state index is 0.0752. The molecule has 0 aliphatic rings. The minimum Gasteiger partial charge on any atom is -0.382 e. The molecule has 0 radical (unpaired) electrons. The molecule has 20 heavy (non-hydrogen) atoms. The third kappa shape index (κ3) is 5.78. The molecule has 0 fully saturated rings. The van der Waals surface area contributed by atoms with Gasteiger partial charge in [0.25, 0.3) is 0 Å². The van der Waals surface area contributed by atoms with E-state index in [4.69, 9.17) is 0 Å². The van der Waals surface area contributed by atoms with Crippen molar-refractivity contribution in [2.24, 2.45) is 0 Å². The summed E-state index contributed by atoms with van der Waals surface area (Å²) < 4.78 is 9.31. The Hall–Kier alpha value is -1.97. The molecule has 106 valence electrons. The Bertz CT molecular complexity index is 435. The lowest BCUT2D eigenvalue weighted by atomic mass is 10.0. The molecule has 2 rings (SSSR count). The van der Waals surface area contributed by atoms with Gasteiger partial charge in [0.15, 0.2) is 5.78 Å². The lowest BCUT2D eigenvalue weighted by Crippen LogP contribution is -1.99. The number of rotatable bonds is 5. The molecule has 0 aromatic heterocycles. The van der Waals surface area contributed by atoms with Crippen LogP contribution in [0.15, 0.2) is 60.7 Å². The lowest BCUT2D eigenvalue weighted by Gasteiger charge is -1.99. The Labute approximate surface area is 120 Å². The number of benzene rings is 2. The molecule has 0 unspecified atom stereocenters.